The van der Waals surface area contributed by atoms with E-state index in [9.17, 15) is 4.79 Å². The smallest absolute Gasteiger partial charge is 0.231 e. The number of nitrogens with zero attached hydrogens (tertiary/aromatic N) is 1. The molecule has 2 aliphatic rings. The van der Waals surface area contributed by atoms with Gasteiger partial charge in [0.15, 0.2) is 0 Å². The van der Waals surface area contributed by atoms with Gasteiger partial charge >= 0.3 is 0 Å². The molecule has 1 spiro atoms. The van der Waals surface area contributed by atoms with E-state index in [4.69, 9.17) is 10.5 Å². The number of amides is 1. The highest BCUT2D eigenvalue weighted by molar-refractivity contribution is 5.85. The van der Waals surface area contributed by atoms with E-state index in [1.54, 1.807) is 0 Å². The lowest BCUT2D eigenvalue weighted by atomic mass is 9.80. The van der Waals surface area contributed by atoms with Crippen molar-refractivity contribution in [3.63, 3.8) is 0 Å². The average molecular weight is 314 g/mol. The standard InChI is InChI=1S/C12H23N3O2.2ClH/c1-11(2)8-12(3-6-17-11)9-15(5-4-14-12)7-10(13)16;;/h14H,3-9H2,1-2H3,(H2,13,16);2*1H. The normalized spacial score (nSPS) is 30.2. The first-order valence-electron chi connectivity index (χ1n) is 6.31. The van der Waals surface area contributed by atoms with Crippen molar-refractivity contribution < 1.29 is 9.53 Å². The molecule has 5 nitrogen and oxygen atoms in total. The number of hydrogen-bond donors (Lipinski definition) is 2. The number of ether oxygens (including phenoxy) is 1. The van der Waals surface area contributed by atoms with Crippen LogP contribution in [0.15, 0.2) is 0 Å². The van der Waals surface area contributed by atoms with E-state index in [1.807, 2.05) is 0 Å². The zero-order valence-electron chi connectivity index (χ0n) is 11.6. The molecule has 19 heavy (non-hydrogen) atoms. The highest BCUT2D eigenvalue weighted by Crippen LogP contribution is 2.33. The molecule has 0 aromatic carbocycles. The van der Waals surface area contributed by atoms with Crippen molar-refractivity contribution in [1.29, 1.82) is 0 Å². The summed E-state index contributed by atoms with van der Waals surface area (Å²) in [5, 5.41) is 3.62. The molecule has 2 heterocycles. The summed E-state index contributed by atoms with van der Waals surface area (Å²) in [6, 6.07) is 0. The Bertz CT molecular complexity index is 311. The Balaban J connectivity index is 0.00000162. The van der Waals surface area contributed by atoms with Crippen LogP contribution in [0.3, 0.4) is 0 Å². The molecule has 3 N–H and O–H groups in total. The molecule has 0 bridgehead atoms. The van der Waals surface area contributed by atoms with Gasteiger partial charge in [0.2, 0.25) is 5.91 Å². The maximum absolute atomic E-state index is 11.0. The van der Waals surface area contributed by atoms with Crippen LogP contribution in [0.4, 0.5) is 0 Å². The lowest BCUT2D eigenvalue weighted by molar-refractivity contribution is -0.121. The highest BCUT2D eigenvalue weighted by Gasteiger charge is 2.43. The molecule has 0 aromatic rings. The summed E-state index contributed by atoms with van der Waals surface area (Å²) in [5.41, 5.74) is 5.28. The maximum Gasteiger partial charge on any atom is 0.231 e. The minimum absolute atomic E-state index is 0. The van der Waals surface area contributed by atoms with E-state index in [0.717, 1.165) is 39.1 Å². The Morgan fingerprint density at radius 1 is 1.42 bits per heavy atom. The van der Waals surface area contributed by atoms with Gasteiger partial charge in [0.1, 0.15) is 0 Å². The number of rotatable bonds is 2. The Labute approximate surface area is 127 Å². The van der Waals surface area contributed by atoms with Crippen LogP contribution in [0.1, 0.15) is 26.7 Å². The van der Waals surface area contributed by atoms with Gasteiger partial charge in [0.25, 0.3) is 0 Å². The second kappa shape index (κ2) is 7.09. The highest BCUT2D eigenvalue weighted by atomic mass is 35.5. The van der Waals surface area contributed by atoms with Crippen LogP contribution < -0.4 is 11.1 Å². The number of carbonyl (C=O) groups excluding carboxylic acids is 1. The van der Waals surface area contributed by atoms with Crippen molar-refractivity contribution in [2.45, 2.75) is 37.8 Å². The zero-order chi connectivity index (χ0) is 12.5. The SMILES string of the molecule is CC1(C)CC2(CCO1)CN(CC(N)=O)CCN2.Cl.Cl. The molecule has 0 aromatic heterocycles. The van der Waals surface area contributed by atoms with E-state index >= 15 is 0 Å². The summed E-state index contributed by atoms with van der Waals surface area (Å²) >= 11 is 0. The van der Waals surface area contributed by atoms with E-state index in [-0.39, 0.29) is 41.9 Å². The molecule has 7 heteroatoms. The molecule has 1 amide bonds. The number of hydrogen-bond acceptors (Lipinski definition) is 4. The second-order valence-electron chi connectivity index (χ2n) is 5.92. The fourth-order valence-corrected chi connectivity index (χ4v) is 3.16. The summed E-state index contributed by atoms with van der Waals surface area (Å²) in [5.74, 6) is -0.242. The lowest BCUT2D eigenvalue weighted by Gasteiger charge is -2.50. The number of piperazine rings is 1. The van der Waals surface area contributed by atoms with Gasteiger partial charge in [-0.05, 0) is 26.7 Å². The number of primary amides is 1. The quantitative estimate of drug-likeness (QED) is 0.781. The topological polar surface area (TPSA) is 67.6 Å². The summed E-state index contributed by atoms with van der Waals surface area (Å²) < 4.78 is 5.76. The lowest BCUT2D eigenvalue weighted by Crippen LogP contribution is -2.65. The Hall–Kier alpha value is -0.0700. The third-order valence-electron chi connectivity index (χ3n) is 3.67. The van der Waals surface area contributed by atoms with Crippen LogP contribution in [0.5, 0.6) is 0 Å². The minimum Gasteiger partial charge on any atom is -0.375 e. The molecule has 114 valence electrons. The van der Waals surface area contributed by atoms with E-state index < -0.39 is 0 Å². The van der Waals surface area contributed by atoms with Gasteiger partial charge in [0, 0.05) is 31.8 Å². The number of carbonyl (C=O) groups is 1. The fourth-order valence-electron chi connectivity index (χ4n) is 3.16. The molecular weight excluding hydrogens is 289 g/mol. The van der Waals surface area contributed by atoms with Gasteiger partial charge < -0.3 is 15.8 Å². The first-order chi connectivity index (χ1) is 7.91. The van der Waals surface area contributed by atoms with Gasteiger partial charge in [-0.2, -0.15) is 0 Å². The van der Waals surface area contributed by atoms with E-state index in [0.29, 0.717) is 6.54 Å². The van der Waals surface area contributed by atoms with Crippen molar-refractivity contribution in [2.24, 2.45) is 5.73 Å². The molecular formula is C12H25Cl2N3O2. The number of halogens is 2. The second-order valence-corrected chi connectivity index (χ2v) is 5.92. The van der Waals surface area contributed by atoms with Gasteiger partial charge in [0.05, 0.1) is 12.1 Å². The summed E-state index contributed by atoms with van der Waals surface area (Å²) in [6.07, 6.45) is 1.99. The molecule has 2 aliphatic heterocycles. The first kappa shape index (κ1) is 18.9. The van der Waals surface area contributed by atoms with E-state index in [1.165, 1.54) is 0 Å². The maximum atomic E-state index is 11.0. The van der Waals surface area contributed by atoms with Crippen LogP contribution in [-0.4, -0.2) is 54.7 Å². The largest absolute Gasteiger partial charge is 0.375 e. The summed E-state index contributed by atoms with van der Waals surface area (Å²) in [6.45, 7) is 8.11. The minimum atomic E-state index is -0.242. The zero-order valence-corrected chi connectivity index (χ0v) is 13.2. The Morgan fingerprint density at radius 3 is 2.68 bits per heavy atom. The first-order valence-corrected chi connectivity index (χ1v) is 6.31. The summed E-state index contributed by atoms with van der Waals surface area (Å²) in [4.78, 5) is 13.2. The summed E-state index contributed by atoms with van der Waals surface area (Å²) in [7, 11) is 0. The molecule has 0 radical (unpaired) electrons. The third-order valence-corrected chi connectivity index (χ3v) is 3.67. The molecule has 2 fully saturated rings. The van der Waals surface area contributed by atoms with Gasteiger partial charge in [-0.3, -0.25) is 9.69 Å². The third kappa shape index (κ3) is 5.08. The van der Waals surface area contributed by atoms with Crippen LogP contribution in [0, 0.1) is 0 Å². The molecule has 2 rings (SSSR count). The fraction of sp³-hybridized carbons (Fsp3) is 0.917. The Kier molecular flexibility index (Phi) is 7.06. The molecule has 2 saturated heterocycles. The van der Waals surface area contributed by atoms with Crippen molar-refractivity contribution in [3.8, 4) is 0 Å². The molecule has 1 unspecified atom stereocenters. The number of nitrogens with two attached hydrogens (primary N) is 1. The predicted molar refractivity (Wildman–Crippen MR) is 80.1 cm³/mol. The molecule has 1 atom stereocenters. The van der Waals surface area contributed by atoms with E-state index in [2.05, 4.69) is 24.1 Å². The van der Waals surface area contributed by atoms with Crippen LogP contribution in [0.2, 0.25) is 0 Å². The molecule has 0 aliphatic carbocycles. The molecule has 0 saturated carbocycles. The predicted octanol–water partition coefficient (Wildman–Crippen LogP) is 0.548. The number of nitrogens with one attached hydrogen (secondary N) is 1. The van der Waals surface area contributed by atoms with Crippen LogP contribution in [-0.2, 0) is 9.53 Å². The monoisotopic (exact) mass is 313 g/mol. The van der Waals surface area contributed by atoms with Crippen molar-refractivity contribution in [1.82, 2.24) is 10.2 Å². The van der Waals surface area contributed by atoms with Crippen LogP contribution in [0.25, 0.3) is 0 Å². The Morgan fingerprint density at radius 2 is 2.11 bits per heavy atom. The van der Waals surface area contributed by atoms with Crippen molar-refractivity contribution in [2.75, 3.05) is 32.8 Å². The van der Waals surface area contributed by atoms with Crippen LogP contribution >= 0.6 is 24.8 Å². The van der Waals surface area contributed by atoms with Gasteiger partial charge in [-0.1, -0.05) is 0 Å². The van der Waals surface area contributed by atoms with Crippen molar-refractivity contribution >= 4 is 30.7 Å². The van der Waals surface area contributed by atoms with Gasteiger partial charge in [-0.25, -0.2) is 0 Å². The van der Waals surface area contributed by atoms with Crippen molar-refractivity contribution in [3.05, 3.63) is 0 Å². The van der Waals surface area contributed by atoms with Gasteiger partial charge in [-0.15, -0.1) is 24.8 Å². The average Bonchev–Trinajstić information content (AvgIpc) is 2.13.